The van der Waals surface area contributed by atoms with E-state index in [-0.39, 0.29) is 0 Å². The number of aromatic nitrogens is 4. The van der Waals surface area contributed by atoms with Crippen LogP contribution >= 0.6 is 37.7 Å². The normalized spacial score (nSPS) is 11.9. The average Bonchev–Trinajstić information content (AvgIpc) is 1.72. The van der Waals surface area contributed by atoms with Crippen LogP contribution in [0.25, 0.3) is 90.9 Å². The molecule has 7 aromatic rings. The van der Waals surface area contributed by atoms with Crippen LogP contribution in [0.2, 0.25) is 0 Å². The molecule has 12 nitrogen and oxygen atoms in total. The summed E-state index contributed by atoms with van der Waals surface area (Å²) in [6, 6.07) is 42.5. The Hall–Kier alpha value is -2.93. The molecule has 0 spiro atoms. The van der Waals surface area contributed by atoms with Crippen LogP contribution in [-0.2, 0) is 127 Å². The van der Waals surface area contributed by atoms with E-state index in [1.807, 2.05) is 0 Å². The molecular formula is C68H82Cl4N12Pt4. The van der Waals surface area contributed by atoms with Gasteiger partial charge in [-0.25, -0.2) is 9.97 Å². The maximum atomic E-state index is 5.78. The van der Waals surface area contributed by atoms with Crippen LogP contribution < -0.4 is 0 Å². The van der Waals surface area contributed by atoms with Crippen molar-refractivity contribution in [3.8, 4) is 44.5 Å². The van der Waals surface area contributed by atoms with Gasteiger partial charge < -0.3 is 49.2 Å². The van der Waals surface area contributed by atoms with Crippen molar-refractivity contribution < 1.29 is 75.1 Å². The van der Waals surface area contributed by atoms with Gasteiger partial charge in [-0.05, 0) is 161 Å². The molecule has 3 aromatic heterocycles. The number of halogens is 4. The van der Waals surface area contributed by atoms with Crippen molar-refractivity contribution in [2.75, 3.05) is 113 Å². The van der Waals surface area contributed by atoms with Gasteiger partial charge in [-0.2, -0.15) is 72.8 Å². The molecule has 0 saturated heterocycles. The molecule has 0 aliphatic carbocycles. The van der Waals surface area contributed by atoms with Gasteiger partial charge in [0.15, 0.2) is 0 Å². The number of hydrogen-bond acceptors (Lipinski definition) is 10. The van der Waals surface area contributed by atoms with E-state index in [1.54, 1.807) is 75.1 Å². The van der Waals surface area contributed by atoms with Crippen molar-refractivity contribution in [1.82, 2.24) is 59.1 Å². The van der Waals surface area contributed by atoms with Crippen LogP contribution in [0.3, 0.4) is 0 Å². The summed E-state index contributed by atoms with van der Waals surface area (Å²) in [5.41, 5.74) is 24.6. The first-order valence-corrected chi connectivity index (χ1v) is 39.4. The van der Waals surface area contributed by atoms with Crippen LogP contribution in [0.15, 0.2) is 72.8 Å². The topological polar surface area (TPSA) is 83.3 Å². The molecular weight excluding hydrogens is 1910 g/mol. The molecule has 4 aromatic carbocycles. The van der Waals surface area contributed by atoms with Crippen molar-refractivity contribution in [3.05, 3.63) is 164 Å². The van der Waals surface area contributed by atoms with Gasteiger partial charge in [-0.1, -0.05) is 0 Å². The third-order valence-corrected chi connectivity index (χ3v) is 13.7. The Balaban J connectivity index is 0.00000169. The van der Waals surface area contributed by atoms with Crippen molar-refractivity contribution in [2.45, 2.75) is 52.4 Å². The number of benzene rings is 4. The number of H-pyrrole nitrogens is 2. The third-order valence-electron chi connectivity index (χ3n) is 13.7. The van der Waals surface area contributed by atoms with E-state index < -0.39 is 0 Å². The molecule has 0 atom stereocenters. The second-order valence-electron chi connectivity index (χ2n) is 24.1. The molecule has 482 valence electrons. The van der Waals surface area contributed by atoms with Gasteiger partial charge in [-0.3, -0.25) is 0 Å². The van der Waals surface area contributed by atoms with Crippen LogP contribution in [-0.4, -0.2) is 172 Å². The molecule has 0 radical (unpaired) electrons. The van der Waals surface area contributed by atoms with Gasteiger partial charge in [-0.15, -0.1) is 66.8 Å². The van der Waals surface area contributed by atoms with Crippen molar-refractivity contribution in [3.63, 3.8) is 0 Å². The molecule has 0 fully saturated rings. The molecule has 8 bridgehead atoms. The first-order chi connectivity index (χ1) is 42.1. The van der Waals surface area contributed by atoms with E-state index in [9.17, 15) is 0 Å². The maximum absolute atomic E-state index is 5.78. The zero-order chi connectivity index (χ0) is 65.1. The summed E-state index contributed by atoms with van der Waals surface area (Å²) in [4.78, 5) is 37.4. The fourth-order valence-electron chi connectivity index (χ4n) is 11.2. The predicted octanol–water partition coefficient (Wildman–Crippen LogP) is 13.8. The Morgan fingerprint density at radius 2 is 0.432 bits per heavy atom. The van der Waals surface area contributed by atoms with E-state index in [4.69, 9.17) is 9.97 Å². The summed E-state index contributed by atoms with van der Waals surface area (Å²) in [7, 11) is 52.3. The van der Waals surface area contributed by atoms with Crippen molar-refractivity contribution >= 4 is 84.0 Å². The van der Waals surface area contributed by atoms with E-state index in [2.05, 4.69) is 321 Å². The van der Waals surface area contributed by atoms with E-state index >= 15 is 0 Å². The summed E-state index contributed by atoms with van der Waals surface area (Å²) in [5.74, 6) is 0. The Labute approximate surface area is 586 Å². The second-order valence-corrected chi connectivity index (χ2v) is 24.1. The van der Waals surface area contributed by atoms with Gasteiger partial charge in [0.25, 0.3) is 0 Å². The zero-order valence-electron chi connectivity index (χ0n) is 53.1. The van der Waals surface area contributed by atoms with Gasteiger partial charge in [0.1, 0.15) is 0 Å². The van der Waals surface area contributed by atoms with E-state index in [0.29, 0.717) is 0 Å². The number of nitrogens with zero attached hydrogens (tertiary/aromatic N) is 10. The van der Waals surface area contributed by atoms with Crippen LogP contribution in [0.1, 0.15) is 67.3 Å². The molecule has 2 aliphatic heterocycles. The molecule has 20 heteroatoms. The summed E-state index contributed by atoms with van der Waals surface area (Å²) in [5, 5.41) is 0. The molecule has 5 heterocycles. The number of nitrogens with one attached hydrogen (secondary N) is 2. The zero-order valence-corrected chi connectivity index (χ0v) is 65.3. The Kier molecular flexibility index (Phi) is 31.9. The summed E-state index contributed by atoms with van der Waals surface area (Å²) < 4.78 is 0. The second kappa shape index (κ2) is 37.1. The fourth-order valence-corrected chi connectivity index (χ4v) is 11.2. The number of hydrogen-bond donors (Lipinski definition) is 2. The summed E-state index contributed by atoms with van der Waals surface area (Å²) in [6.07, 6.45) is 8.82. The first kappa shape index (κ1) is 75.8. The quantitative estimate of drug-likeness (QED) is 0.0720. The SMILES string of the molecule is CN(C)Cc1[c-]c(CN(C)C)cc(-c2c3nc(c(-c4cc(CN(C)C)[c-]c(CN(C)C)c4)c4ccc([nH]4)c(-c4cc(CN(C)C)[c-]c(CN(C)C)c4)c4nc(c(-c5cc(CN(C)C)[c-]c(CN(C)C)c5)c5ccc2[nH]5)C=C4)C=C3)c1.[Cl][Pt+].[Cl][Pt+].[Cl][Pt+].[Cl][Pt+]. The standard InChI is InChI=1S/C68H82N12.4ClH.4Pt/c1-73(2)37-45-25-46(38-74(3)4)30-53(29-45)65-57-17-19-59(69-57)66(54-31-47(39-75(5)6)26-48(32-54)40-76(7)8)61-21-23-63(71-61)68(56-35-51(43-79(13)14)28-52(36-56)44-80(15)16)64-24-22-62(72-64)67(60-20-18-58(65)70-60)55-33-49(41-77(9)10)27-50(34-55)42-78(11)12;;;;;;;;/h17-24,29-36,69,72H,37-44H2,1-16H3;4*1H;;;;/q-4;;;;;4*+2/p-4. The Morgan fingerprint density at radius 3 is 0.568 bits per heavy atom. The molecule has 88 heavy (non-hydrogen) atoms. The minimum atomic E-state index is 0.743. The van der Waals surface area contributed by atoms with E-state index in [0.717, 1.165) is 186 Å². The Bertz CT molecular complexity index is 3080. The molecule has 9 rings (SSSR count). The molecule has 2 aliphatic rings. The van der Waals surface area contributed by atoms with Gasteiger partial charge >= 0.3 is 113 Å². The van der Waals surface area contributed by atoms with Crippen molar-refractivity contribution in [2.24, 2.45) is 0 Å². The molecule has 0 amide bonds. The minimum absolute atomic E-state index is 0.743. The van der Waals surface area contributed by atoms with E-state index in [1.165, 1.54) is 0 Å². The number of rotatable bonds is 20. The molecule has 0 saturated carbocycles. The van der Waals surface area contributed by atoms with Crippen LogP contribution in [0.4, 0.5) is 0 Å². The molecule has 0 unspecified atom stereocenters. The monoisotopic (exact) mass is 1990 g/mol. The fraction of sp³-hybridized carbons (Fsp3) is 0.353. The third kappa shape index (κ3) is 21.6. The summed E-state index contributed by atoms with van der Waals surface area (Å²) >= 11 is 6.44. The van der Waals surface area contributed by atoms with Gasteiger partial charge in [0.2, 0.25) is 0 Å². The van der Waals surface area contributed by atoms with Crippen LogP contribution in [0, 0.1) is 24.3 Å². The molecule has 2 N–H and O–H groups in total. The number of aromatic amines is 2. The van der Waals surface area contributed by atoms with Crippen molar-refractivity contribution in [1.29, 1.82) is 0 Å². The van der Waals surface area contributed by atoms with Crippen LogP contribution in [0.5, 0.6) is 0 Å². The predicted molar refractivity (Wildman–Crippen MR) is 358 cm³/mol. The van der Waals surface area contributed by atoms with Gasteiger partial charge in [0.05, 0.1) is 22.8 Å². The Morgan fingerprint density at radius 1 is 0.284 bits per heavy atom. The average molecular weight is 1990 g/mol. The number of fused-ring (bicyclic) bond motifs is 8. The first-order valence-electron chi connectivity index (χ1n) is 28.1. The van der Waals surface area contributed by atoms with Gasteiger partial charge in [0, 0.05) is 96.7 Å². The summed E-state index contributed by atoms with van der Waals surface area (Å²) in [6.45, 7) is 5.94.